The molecule has 6 heteroatoms. The van der Waals surface area contributed by atoms with Crippen LogP contribution in [0.1, 0.15) is 5.56 Å². The van der Waals surface area contributed by atoms with Crippen molar-refractivity contribution in [2.45, 2.75) is 6.54 Å². The van der Waals surface area contributed by atoms with Crippen LogP contribution in [0.2, 0.25) is 5.02 Å². The molecule has 0 bridgehead atoms. The monoisotopic (exact) mass is 318 g/mol. The summed E-state index contributed by atoms with van der Waals surface area (Å²) in [5.41, 5.74) is 6.61. The number of nitrogens with two attached hydrogens (primary N) is 1. The molecule has 2 N–H and O–H groups in total. The lowest BCUT2D eigenvalue weighted by Crippen LogP contribution is -2.31. The van der Waals surface area contributed by atoms with E-state index < -0.39 is 0 Å². The lowest BCUT2D eigenvalue weighted by molar-refractivity contribution is 0.754. The molecule has 0 atom stereocenters. The van der Waals surface area contributed by atoms with E-state index in [2.05, 4.69) is 0 Å². The Kier molecular flexibility index (Phi) is 3.53. The van der Waals surface area contributed by atoms with Gasteiger partial charge in [-0.25, -0.2) is 0 Å². The maximum atomic E-state index is 12.5. The quantitative estimate of drug-likeness (QED) is 0.739. The predicted octanol–water partition coefficient (Wildman–Crippen LogP) is 2.71. The molecule has 1 aromatic heterocycles. The highest BCUT2D eigenvalue weighted by Gasteiger charge is 2.11. The van der Waals surface area contributed by atoms with Gasteiger partial charge in [0.15, 0.2) is 0 Å². The maximum absolute atomic E-state index is 12.5. The molecule has 106 valence electrons. The highest BCUT2D eigenvalue weighted by atomic mass is 35.5. The first-order valence-electron chi connectivity index (χ1n) is 6.23. The minimum Gasteiger partial charge on any atom is -0.398 e. The third-order valence-corrected chi connectivity index (χ3v) is 4.58. The average molecular weight is 319 g/mol. The minimum atomic E-state index is -0.325. The summed E-state index contributed by atoms with van der Waals surface area (Å²) < 4.78 is 1.85. The summed E-state index contributed by atoms with van der Waals surface area (Å²) in [4.78, 5) is 24.3. The van der Waals surface area contributed by atoms with Gasteiger partial charge in [0, 0.05) is 21.0 Å². The number of anilines is 1. The number of halogens is 1. The summed E-state index contributed by atoms with van der Waals surface area (Å²) in [6, 6.07) is 12.2. The molecule has 3 aromatic rings. The molecule has 1 heterocycles. The van der Waals surface area contributed by atoms with Gasteiger partial charge in [-0.1, -0.05) is 41.1 Å². The first kappa shape index (κ1) is 13.9. The third-order valence-electron chi connectivity index (χ3n) is 3.25. The topological polar surface area (TPSA) is 65.1 Å². The number of benzene rings is 2. The van der Waals surface area contributed by atoms with E-state index in [4.69, 9.17) is 17.3 Å². The molecular weight excluding hydrogens is 308 g/mol. The molecule has 0 aliphatic rings. The van der Waals surface area contributed by atoms with Crippen molar-refractivity contribution in [1.29, 1.82) is 0 Å². The van der Waals surface area contributed by atoms with Crippen molar-refractivity contribution in [2.75, 3.05) is 5.73 Å². The van der Waals surface area contributed by atoms with E-state index in [-0.39, 0.29) is 17.0 Å². The van der Waals surface area contributed by atoms with E-state index in [1.807, 2.05) is 0 Å². The molecule has 0 spiro atoms. The fourth-order valence-electron chi connectivity index (χ4n) is 2.15. The zero-order valence-electron chi connectivity index (χ0n) is 10.9. The van der Waals surface area contributed by atoms with Crippen molar-refractivity contribution in [3.8, 4) is 0 Å². The normalized spacial score (nSPS) is 10.9. The standard InChI is InChI=1S/C15H11ClN2O2S/c16-11-5-3-6-12(17)10(11)8-18-14(19)9-4-1-2-7-13(9)21-15(18)20/h1-7H,8,17H2. The zero-order chi connectivity index (χ0) is 15.0. The third kappa shape index (κ3) is 2.46. The lowest BCUT2D eigenvalue weighted by Gasteiger charge is -2.10. The Morgan fingerprint density at radius 2 is 1.86 bits per heavy atom. The molecule has 0 aliphatic heterocycles. The second kappa shape index (κ2) is 5.35. The predicted molar refractivity (Wildman–Crippen MR) is 87.3 cm³/mol. The van der Waals surface area contributed by atoms with Gasteiger partial charge in [0.05, 0.1) is 11.9 Å². The van der Waals surface area contributed by atoms with Crippen LogP contribution in [-0.2, 0) is 6.54 Å². The Morgan fingerprint density at radius 1 is 1.10 bits per heavy atom. The van der Waals surface area contributed by atoms with Gasteiger partial charge in [-0.05, 0) is 24.3 Å². The summed E-state index contributed by atoms with van der Waals surface area (Å²) >= 11 is 7.15. The highest BCUT2D eigenvalue weighted by molar-refractivity contribution is 7.16. The summed E-state index contributed by atoms with van der Waals surface area (Å²) in [5.74, 6) is 0. The van der Waals surface area contributed by atoms with Crippen molar-refractivity contribution in [2.24, 2.45) is 0 Å². The van der Waals surface area contributed by atoms with Gasteiger partial charge in [-0.3, -0.25) is 14.2 Å². The summed E-state index contributed by atoms with van der Waals surface area (Å²) in [6.07, 6.45) is 0. The molecule has 21 heavy (non-hydrogen) atoms. The van der Waals surface area contributed by atoms with Gasteiger partial charge in [-0.2, -0.15) is 0 Å². The Labute approximate surface area is 129 Å². The molecule has 0 saturated carbocycles. The molecule has 0 fully saturated rings. The Morgan fingerprint density at radius 3 is 2.62 bits per heavy atom. The Bertz CT molecular complexity index is 926. The van der Waals surface area contributed by atoms with Crippen molar-refractivity contribution in [3.05, 3.63) is 73.1 Å². The summed E-state index contributed by atoms with van der Waals surface area (Å²) in [5, 5.41) is 0.965. The molecule has 0 unspecified atom stereocenters. The number of hydrogen-bond acceptors (Lipinski definition) is 4. The van der Waals surface area contributed by atoms with E-state index in [1.54, 1.807) is 42.5 Å². The highest BCUT2D eigenvalue weighted by Crippen LogP contribution is 2.22. The molecule has 0 radical (unpaired) electrons. The van der Waals surface area contributed by atoms with Gasteiger partial charge < -0.3 is 5.73 Å². The molecular formula is C15H11ClN2O2S. The first-order valence-corrected chi connectivity index (χ1v) is 7.43. The van der Waals surface area contributed by atoms with Gasteiger partial charge in [0.25, 0.3) is 5.56 Å². The van der Waals surface area contributed by atoms with Gasteiger partial charge in [-0.15, -0.1) is 0 Å². The van der Waals surface area contributed by atoms with Crippen LogP contribution in [0.5, 0.6) is 0 Å². The van der Waals surface area contributed by atoms with Gasteiger partial charge >= 0.3 is 4.87 Å². The number of aromatic nitrogens is 1. The van der Waals surface area contributed by atoms with E-state index in [1.165, 1.54) is 4.57 Å². The number of fused-ring (bicyclic) bond motifs is 1. The zero-order valence-corrected chi connectivity index (χ0v) is 12.4. The molecule has 3 rings (SSSR count). The van der Waals surface area contributed by atoms with Crippen LogP contribution in [0.4, 0.5) is 5.69 Å². The first-order chi connectivity index (χ1) is 10.1. The van der Waals surface area contributed by atoms with Crippen molar-refractivity contribution < 1.29 is 0 Å². The van der Waals surface area contributed by atoms with Crippen LogP contribution in [0.15, 0.2) is 52.1 Å². The number of nitrogen functional groups attached to an aromatic ring is 1. The lowest BCUT2D eigenvalue weighted by atomic mass is 10.2. The molecule has 0 aliphatic carbocycles. The summed E-state index contributed by atoms with van der Waals surface area (Å²) in [7, 11) is 0. The van der Waals surface area contributed by atoms with Gasteiger partial charge in [0.2, 0.25) is 0 Å². The van der Waals surface area contributed by atoms with Crippen molar-refractivity contribution in [1.82, 2.24) is 4.57 Å². The number of nitrogens with zero attached hydrogens (tertiary/aromatic N) is 1. The smallest absolute Gasteiger partial charge is 0.310 e. The van der Waals surface area contributed by atoms with Crippen molar-refractivity contribution in [3.63, 3.8) is 0 Å². The second-order valence-corrected chi connectivity index (χ2v) is 5.96. The van der Waals surface area contributed by atoms with Crippen LogP contribution in [0, 0.1) is 0 Å². The average Bonchev–Trinajstić information content (AvgIpc) is 2.46. The molecule has 4 nitrogen and oxygen atoms in total. The van der Waals surface area contributed by atoms with Crippen LogP contribution in [0.3, 0.4) is 0 Å². The SMILES string of the molecule is Nc1cccc(Cl)c1Cn1c(=O)sc2ccccc2c1=O. The fourth-order valence-corrected chi connectivity index (χ4v) is 3.25. The number of hydrogen-bond donors (Lipinski definition) is 1. The second-order valence-electron chi connectivity index (χ2n) is 4.56. The Balaban J connectivity index is 2.22. The van der Waals surface area contributed by atoms with Crippen LogP contribution in [-0.4, -0.2) is 4.57 Å². The van der Waals surface area contributed by atoms with E-state index in [9.17, 15) is 9.59 Å². The van der Waals surface area contributed by atoms with Crippen molar-refractivity contribution >= 4 is 38.7 Å². The van der Waals surface area contributed by atoms with E-state index >= 15 is 0 Å². The molecule has 2 aromatic carbocycles. The largest absolute Gasteiger partial charge is 0.398 e. The van der Waals surface area contributed by atoms with Gasteiger partial charge in [0.1, 0.15) is 0 Å². The number of rotatable bonds is 2. The van der Waals surface area contributed by atoms with E-state index in [0.29, 0.717) is 26.4 Å². The molecule has 0 amide bonds. The van der Waals surface area contributed by atoms with Crippen LogP contribution >= 0.6 is 22.9 Å². The minimum absolute atomic E-state index is 0.0739. The van der Waals surface area contributed by atoms with E-state index in [0.717, 1.165) is 11.3 Å². The van der Waals surface area contributed by atoms with Crippen LogP contribution < -0.4 is 16.2 Å². The Hall–Kier alpha value is -2.11. The molecule has 0 saturated heterocycles. The summed E-state index contributed by atoms with van der Waals surface area (Å²) in [6.45, 7) is 0.0739. The maximum Gasteiger partial charge on any atom is 0.310 e. The fraction of sp³-hybridized carbons (Fsp3) is 0.0667. The van der Waals surface area contributed by atoms with Crippen LogP contribution in [0.25, 0.3) is 10.1 Å².